The van der Waals surface area contributed by atoms with Gasteiger partial charge in [0.05, 0.1) is 6.04 Å². The second-order valence-electron chi connectivity index (χ2n) is 3.98. The predicted molar refractivity (Wildman–Crippen MR) is 61.9 cm³/mol. The van der Waals surface area contributed by atoms with Crippen molar-refractivity contribution in [3.05, 3.63) is 29.0 Å². The fourth-order valence-electron chi connectivity index (χ4n) is 2.09. The first-order valence-corrected chi connectivity index (χ1v) is 5.69. The monoisotopic (exact) mass is 239 g/mol. The molecule has 2 rings (SSSR count). The third-order valence-electron chi connectivity index (χ3n) is 2.90. The number of nitrogens with zero attached hydrogens (tertiary/aromatic N) is 2. The van der Waals surface area contributed by atoms with E-state index < -0.39 is 0 Å². The van der Waals surface area contributed by atoms with Crippen LogP contribution in [-0.2, 0) is 11.3 Å². The van der Waals surface area contributed by atoms with Gasteiger partial charge in [-0.15, -0.1) is 0 Å². The van der Waals surface area contributed by atoms with Crippen molar-refractivity contribution >= 4 is 17.5 Å². The number of hydrogen-bond acceptors (Lipinski definition) is 3. The zero-order valence-corrected chi connectivity index (χ0v) is 9.65. The fraction of sp³-hybridized carbons (Fsp3) is 0.455. The van der Waals surface area contributed by atoms with Crippen LogP contribution in [0.25, 0.3) is 0 Å². The van der Waals surface area contributed by atoms with Gasteiger partial charge in [-0.3, -0.25) is 9.69 Å². The molecule has 0 bridgehead atoms. The molecule has 4 nitrogen and oxygen atoms in total. The molecule has 0 aromatic carbocycles. The van der Waals surface area contributed by atoms with Gasteiger partial charge in [0.1, 0.15) is 5.15 Å². The standard InChI is InChI=1S/C11H14ClN3O/c12-10-8(3-1-5-14-10)7-15-6-2-4-9(15)11(13)16/h1,3,5,9H,2,4,6-7H2,(H2,13,16). The second kappa shape index (κ2) is 4.80. The van der Waals surface area contributed by atoms with E-state index in [1.807, 2.05) is 12.1 Å². The molecule has 1 aliphatic heterocycles. The Morgan fingerprint density at radius 3 is 3.19 bits per heavy atom. The predicted octanol–water partition coefficient (Wildman–Crippen LogP) is 1.18. The molecule has 0 radical (unpaired) electrons. The Balaban J connectivity index is 2.10. The minimum absolute atomic E-state index is 0.156. The van der Waals surface area contributed by atoms with Crippen LogP contribution in [0.3, 0.4) is 0 Å². The van der Waals surface area contributed by atoms with E-state index in [9.17, 15) is 4.79 Å². The SMILES string of the molecule is NC(=O)C1CCCN1Cc1cccnc1Cl. The Bertz CT molecular complexity index is 397. The lowest BCUT2D eigenvalue weighted by molar-refractivity contribution is -0.122. The molecule has 5 heteroatoms. The van der Waals surface area contributed by atoms with E-state index in [2.05, 4.69) is 9.88 Å². The van der Waals surface area contributed by atoms with Crippen molar-refractivity contribution in [1.82, 2.24) is 9.88 Å². The Kier molecular flexibility index (Phi) is 3.41. The highest BCUT2D eigenvalue weighted by Crippen LogP contribution is 2.22. The Hall–Kier alpha value is -1.13. The molecule has 0 aliphatic carbocycles. The number of aromatic nitrogens is 1. The number of halogens is 1. The number of nitrogens with two attached hydrogens (primary N) is 1. The number of likely N-dealkylation sites (tertiary alicyclic amines) is 1. The molecule has 1 aromatic rings. The number of hydrogen-bond donors (Lipinski definition) is 1. The lowest BCUT2D eigenvalue weighted by Crippen LogP contribution is -2.39. The first kappa shape index (κ1) is 11.4. The van der Waals surface area contributed by atoms with Crippen LogP contribution in [0.2, 0.25) is 5.15 Å². The van der Waals surface area contributed by atoms with Crippen molar-refractivity contribution in [2.24, 2.45) is 5.73 Å². The lowest BCUT2D eigenvalue weighted by Gasteiger charge is -2.21. The molecule has 0 spiro atoms. The number of amides is 1. The fourth-order valence-corrected chi connectivity index (χ4v) is 2.27. The smallest absolute Gasteiger partial charge is 0.234 e. The molecule has 1 atom stereocenters. The minimum atomic E-state index is -0.252. The molecule has 1 aromatic heterocycles. The van der Waals surface area contributed by atoms with Gasteiger partial charge in [0.15, 0.2) is 0 Å². The molecule has 1 aliphatic rings. The maximum atomic E-state index is 11.2. The molecule has 2 heterocycles. The highest BCUT2D eigenvalue weighted by molar-refractivity contribution is 6.30. The van der Waals surface area contributed by atoms with E-state index >= 15 is 0 Å². The zero-order chi connectivity index (χ0) is 11.5. The maximum absolute atomic E-state index is 11.2. The average Bonchev–Trinajstić information content (AvgIpc) is 2.69. The van der Waals surface area contributed by atoms with Gasteiger partial charge in [-0.1, -0.05) is 17.7 Å². The van der Waals surface area contributed by atoms with Crippen molar-refractivity contribution in [1.29, 1.82) is 0 Å². The van der Waals surface area contributed by atoms with Crippen LogP contribution in [-0.4, -0.2) is 28.4 Å². The number of carbonyl (C=O) groups is 1. The first-order chi connectivity index (χ1) is 7.68. The molecule has 86 valence electrons. The van der Waals surface area contributed by atoms with Crippen LogP contribution >= 0.6 is 11.6 Å². The van der Waals surface area contributed by atoms with Gasteiger partial charge in [0.25, 0.3) is 0 Å². The van der Waals surface area contributed by atoms with E-state index in [-0.39, 0.29) is 11.9 Å². The van der Waals surface area contributed by atoms with Gasteiger partial charge in [-0.2, -0.15) is 0 Å². The highest BCUT2D eigenvalue weighted by atomic mass is 35.5. The third kappa shape index (κ3) is 2.33. The first-order valence-electron chi connectivity index (χ1n) is 5.31. The summed E-state index contributed by atoms with van der Waals surface area (Å²) in [7, 11) is 0. The molecule has 1 amide bonds. The van der Waals surface area contributed by atoms with E-state index in [1.54, 1.807) is 6.20 Å². The van der Waals surface area contributed by atoms with Crippen molar-refractivity contribution in [3.63, 3.8) is 0 Å². The summed E-state index contributed by atoms with van der Waals surface area (Å²) in [6.45, 7) is 1.53. The summed E-state index contributed by atoms with van der Waals surface area (Å²) in [6.07, 6.45) is 3.50. The quantitative estimate of drug-likeness (QED) is 0.806. The molecule has 0 saturated carbocycles. The van der Waals surface area contributed by atoms with Crippen LogP contribution in [0.4, 0.5) is 0 Å². The molecular weight excluding hydrogens is 226 g/mol. The largest absolute Gasteiger partial charge is 0.368 e. The van der Waals surface area contributed by atoms with Crippen LogP contribution in [0.1, 0.15) is 18.4 Å². The lowest BCUT2D eigenvalue weighted by atomic mass is 10.2. The topological polar surface area (TPSA) is 59.2 Å². The summed E-state index contributed by atoms with van der Waals surface area (Å²) in [4.78, 5) is 17.3. The van der Waals surface area contributed by atoms with Gasteiger partial charge >= 0.3 is 0 Å². The third-order valence-corrected chi connectivity index (χ3v) is 3.24. The summed E-state index contributed by atoms with van der Waals surface area (Å²) in [5, 5.41) is 0.498. The van der Waals surface area contributed by atoms with Crippen LogP contribution in [0.15, 0.2) is 18.3 Å². The summed E-state index contributed by atoms with van der Waals surface area (Å²) < 4.78 is 0. The number of pyridine rings is 1. The average molecular weight is 240 g/mol. The van der Waals surface area contributed by atoms with Crippen LogP contribution in [0, 0.1) is 0 Å². The van der Waals surface area contributed by atoms with Gasteiger partial charge < -0.3 is 5.73 Å². The van der Waals surface area contributed by atoms with E-state index in [4.69, 9.17) is 17.3 Å². The minimum Gasteiger partial charge on any atom is -0.368 e. The highest BCUT2D eigenvalue weighted by Gasteiger charge is 2.29. The number of rotatable bonds is 3. The molecule has 1 fully saturated rings. The van der Waals surface area contributed by atoms with Crippen molar-refractivity contribution in [2.45, 2.75) is 25.4 Å². The Labute approximate surface area is 99.4 Å². The Morgan fingerprint density at radius 1 is 1.69 bits per heavy atom. The van der Waals surface area contributed by atoms with Crippen molar-refractivity contribution in [2.75, 3.05) is 6.54 Å². The Morgan fingerprint density at radius 2 is 2.50 bits per heavy atom. The molecule has 2 N–H and O–H groups in total. The van der Waals surface area contributed by atoms with Gasteiger partial charge in [0, 0.05) is 18.3 Å². The molecular formula is C11H14ClN3O. The van der Waals surface area contributed by atoms with Crippen LogP contribution in [0.5, 0.6) is 0 Å². The summed E-state index contributed by atoms with van der Waals surface area (Å²) in [5.41, 5.74) is 6.29. The zero-order valence-electron chi connectivity index (χ0n) is 8.90. The van der Waals surface area contributed by atoms with E-state index in [0.29, 0.717) is 11.7 Å². The molecule has 1 saturated heterocycles. The number of primary amides is 1. The summed E-state index contributed by atoms with van der Waals surface area (Å²) in [6, 6.07) is 3.61. The molecule has 16 heavy (non-hydrogen) atoms. The van der Waals surface area contributed by atoms with Gasteiger partial charge in [-0.05, 0) is 25.5 Å². The molecule has 1 unspecified atom stereocenters. The van der Waals surface area contributed by atoms with E-state index in [1.165, 1.54) is 0 Å². The number of carbonyl (C=O) groups excluding carboxylic acids is 1. The van der Waals surface area contributed by atoms with Gasteiger partial charge in [0.2, 0.25) is 5.91 Å². The summed E-state index contributed by atoms with van der Waals surface area (Å²) in [5.74, 6) is -0.252. The normalized spacial score (nSPS) is 21.2. The van der Waals surface area contributed by atoms with Crippen LogP contribution < -0.4 is 5.73 Å². The second-order valence-corrected chi connectivity index (χ2v) is 4.34. The maximum Gasteiger partial charge on any atom is 0.234 e. The van der Waals surface area contributed by atoms with E-state index in [0.717, 1.165) is 24.9 Å². The van der Waals surface area contributed by atoms with Gasteiger partial charge in [-0.25, -0.2) is 4.98 Å². The van der Waals surface area contributed by atoms with Crippen molar-refractivity contribution in [3.8, 4) is 0 Å². The summed E-state index contributed by atoms with van der Waals surface area (Å²) >= 11 is 5.98. The van der Waals surface area contributed by atoms with Crippen molar-refractivity contribution < 1.29 is 4.79 Å².